The molecule has 116 valence electrons. The van der Waals surface area contributed by atoms with Crippen LogP contribution in [0.5, 0.6) is 0 Å². The molecule has 0 saturated heterocycles. The van der Waals surface area contributed by atoms with Crippen molar-refractivity contribution >= 4 is 34.7 Å². The number of nitrogens with zero attached hydrogens (tertiary/aromatic N) is 1. The Morgan fingerprint density at radius 2 is 2.00 bits per heavy atom. The molecule has 5 heteroatoms. The number of thioether (sulfide) groups is 1. The highest BCUT2D eigenvalue weighted by Gasteiger charge is 2.05. The zero-order valence-electron chi connectivity index (χ0n) is 12.4. The van der Waals surface area contributed by atoms with Gasteiger partial charge in [-0.05, 0) is 47.3 Å². The minimum Gasteiger partial charge on any atom is -0.326 e. The first-order chi connectivity index (χ1) is 11.3. The van der Waals surface area contributed by atoms with Crippen LogP contribution in [-0.4, -0.2) is 10.9 Å². The third kappa shape index (κ3) is 4.94. The lowest BCUT2D eigenvalue weighted by molar-refractivity contribution is -0.115. The third-order valence-electron chi connectivity index (χ3n) is 3.18. The summed E-state index contributed by atoms with van der Waals surface area (Å²) >= 11 is 3.35. The minimum atomic E-state index is 0.0169. The van der Waals surface area contributed by atoms with Crippen LogP contribution in [0, 0.1) is 0 Å². The molecule has 2 aromatic heterocycles. The predicted octanol–water partition coefficient (Wildman–Crippen LogP) is 4.62. The number of carbonyl (C=O) groups excluding carboxylic acids is 1. The van der Waals surface area contributed by atoms with Crippen molar-refractivity contribution in [3.8, 4) is 0 Å². The second kappa shape index (κ2) is 7.94. The Kier molecular flexibility index (Phi) is 5.45. The number of amides is 1. The minimum absolute atomic E-state index is 0.0169. The lowest BCUT2D eigenvalue weighted by Gasteiger charge is -2.06. The topological polar surface area (TPSA) is 42.0 Å². The third-order valence-corrected chi connectivity index (χ3v) is 5.14. The zero-order valence-corrected chi connectivity index (χ0v) is 14.1. The molecule has 0 aliphatic carbocycles. The van der Waals surface area contributed by atoms with Crippen LogP contribution < -0.4 is 5.32 Å². The van der Waals surface area contributed by atoms with Gasteiger partial charge in [-0.3, -0.25) is 9.78 Å². The monoisotopic (exact) mass is 340 g/mol. The summed E-state index contributed by atoms with van der Waals surface area (Å²) in [5.41, 5.74) is 2.03. The van der Waals surface area contributed by atoms with Crippen molar-refractivity contribution < 1.29 is 4.79 Å². The first-order valence-corrected chi connectivity index (χ1v) is 9.10. The first kappa shape index (κ1) is 15.8. The second-order valence-corrected chi connectivity index (χ2v) is 7.06. The quantitative estimate of drug-likeness (QED) is 0.666. The Labute approximate surface area is 143 Å². The molecule has 1 amide bonds. The van der Waals surface area contributed by atoms with E-state index < -0.39 is 0 Å². The van der Waals surface area contributed by atoms with E-state index in [4.69, 9.17) is 0 Å². The molecule has 0 bridgehead atoms. The van der Waals surface area contributed by atoms with E-state index in [0.717, 1.165) is 16.3 Å². The van der Waals surface area contributed by atoms with E-state index in [1.807, 2.05) is 54.0 Å². The normalized spacial score (nSPS) is 10.4. The van der Waals surface area contributed by atoms with E-state index in [-0.39, 0.29) is 5.91 Å². The Morgan fingerprint density at radius 1 is 1.13 bits per heavy atom. The van der Waals surface area contributed by atoms with Gasteiger partial charge in [0.05, 0.1) is 6.42 Å². The second-order valence-electron chi connectivity index (χ2n) is 4.98. The molecule has 0 aliphatic heterocycles. The number of hydrogen-bond acceptors (Lipinski definition) is 4. The number of hydrogen-bond donors (Lipinski definition) is 1. The number of benzene rings is 1. The Hall–Kier alpha value is -2.11. The van der Waals surface area contributed by atoms with Crippen molar-refractivity contribution in [2.45, 2.75) is 17.1 Å². The summed E-state index contributed by atoms with van der Waals surface area (Å²) < 4.78 is 0. The van der Waals surface area contributed by atoms with E-state index in [9.17, 15) is 4.79 Å². The van der Waals surface area contributed by atoms with Gasteiger partial charge in [0, 0.05) is 33.6 Å². The van der Waals surface area contributed by atoms with Crippen LogP contribution in [0.15, 0.2) is 71.2 Å². The number of carbonyl (C=O) groups is 1. The maximum Gasteiger partial charge on any atom is 0.229 e. The van der Waals surface area contributed by atoms with Crippen LogP contribution in [-0.2, 0) is 17.0 Å². The fourth-order valence-electron chi connectivity index (χ4n) is 2.06. The molecule has 0 fully saturated rings. The van der Waals surface area contributed by atoms with E-state index >= 15 is 0 Å². The van der Waals surface area contributed by atoms with Crippen molar-refractivity contribution in [2.75, 3.05) is 5.32 Å². The van der Waals surface area contributed by atoms with Crippen molar-refractivity contribution in [3.63, 3.8) is 0 Å². The standard InChI is InChI=1S/C18H16N2OS2/c21-18(11-17-4-2-10-22-17)20-15-5-7-16(8-6-15)23-13-14-3-1-9-19-12-14/h1-10,12H,11,13H2,(H,20,21). The Balaban J connectivity index is 1.51. The Morgan fingerprint density at radius 3 is 2.70 bits per heavy atom. The van der Waals surface area contributed by atoms with Gasteiger partial charge in [0.15, 0.2) is 0 Å². The maximum absolute atomic E-state index is 12.0. The molecule has 0 aliphatic rings. The lowest BCUT2D eigenvalue weighted by Crippen LogP contribution is -2.13. The van der Waals surface area contributed by atoms with Gasteiger partial charge in [0.2, 0.25) is 5.91 Å². The van der Waals surface area contributed by atoms with Gasteiger partial charge in [0.1, 0.15) is 0 Å². The van der Waals surface area contributed by atoms with Crippen molar-refractivity contribution in [2.24, 2.45) is 0 Å². The summed E-state index contributed by atoms with van der Waals surface area (Å²) in [5, 5.41) is 4.91. The fourth-order valence-corrected chi connectivity index (χ4v) is 3.60. The molecule has 3 aromatic rings. The summed E-state index contributed by atoms with van der Waals surface area (Å²) in [5.74, 6) is 0.904. The van der Waals surface area contributed by atoms with E-state index in [0.29, 0.717) is 6.42 Å². The van der Waals surface area contributed by atoms with Gasteiger partial charge in [-0.25, -0.2) is 0 Å². The zero-order chi connectivity index (χ0) is 15.9. The average Bonchev–Trinajstić information content (AvgIpc) is 3.08. The molecule has 0 unspecified atom stereocenters. The molecule has 1 N–H and O–H groups in total. The van der Waals surface area contributed by atoms with E-state index in [1.54, 1.807) is 29.3 Å². The highest BCUT2D eigenvalue weighted by molar-refractivity contribution is 7.98. The molecule has 1 aromatic carbocycles. The molecule has 23 heavy (non-hydrogen) atoms. The van der Waals surface area contributed by atoms with Crippen LogP contribution in [0.25, 0.3) is 0 Å². The van der Waals surface area contributed by atoms with Gasteiger partial charge >= 0.3 is 0 Å². The van der Waals surface area contributed by atoms with Crippen LogP contribution in [0.4, 0.5) is 5.69 Å². The summed E-state index contributed by atoms with van der Waals surface area (Å²) in [7, 11) is 0. The highest BCUT2D eigenvalue weighted by Crippen LogP contribution is 2.24. The number of anilines is 1. The largest absolute Gasteiger partial charge is 0.326 e. The van der Waals surface area contributed by atoms with E-state index in [2.05, 4.69) is 16.4 Å². The summed E-state index contributed by atoms with van der Waals surface area (Å²) in [6, 6.07) is 15.9. The van der Waals surface area contributed by atoms with Gasteiger partial charge in [0.25, 0.3) is 0 Å². The lowest BCUT2D eigenvalue weighted by atomic mass is 10.3. The van der Waals surface area contributed by atoms with Crippen LogP contribution in [0.2, 0.25) is 0 Å². The number of pyridine rings is 1. The first-order valence-electron chi connectivity index (χ1n) is 7.23. The number of thiophene rings is 1. The molecule has 0 saturated carbocycles. The van der Waals surface area contributed by atoms with E-state index in [1.165, 1.54) is 10.5 Å². The SMILES string of the molecule is O=C(Cc1cccs1)Nc1ccc(SCc2cccnc2)cc1. The summed E-state index contributed by atoms with van der Waals surface area (Å²) in [6.07, 6.45) is 4.09. The Bertz CT molecular complexity index is 740. The van der Waals surface area contributed by atoms with Crippen molar-refractivity contribution in [1.82, 2.24) is 4.98 Å². The number of nitrogens with one attached hydrogen (secondary N) is 1. The molecule has 0 atom stereocenters. The maximum atomic E-state index is 12.0. The van der Waals surface area contributed by atoms with Crippen LogP contribution in [0.1, 0.15) is 10.4 Å². The molecular formula is C18H16N2OS2. The van der Waals surface area contributed by atoms with Crippen molar-refractivity contribution in [3.05, 3.63) is 76.7 Å². The van der Waals surface area contributed by atoms with Gasteiger partial charge in [-0.2, -0.15) is 0 Å². The molecule has 3 rings (SSSR count). The molecule has 2 heterocycles. The van der Waals surface area contributed by atoms with Crippen LogP contribution in [0.3, 0.4) is 0 Å². The fraction of sp³-hybridized carbons (Fsp3) is 0.111. The van der Waals surface area contributed by atoms with Crippen molar-refractivity contribution in [1.29, 1.82) is 0 Å². The van der Waals surface area contributed by atoms with Crippen LogP contribution >= 0.6 is 23.1 Å². The molecule has 0 radical (unpaired) electrons. The van der Waals surface area contributed by atoms with Gasteiger partial charge < -0.3 is 5.32 Å². The van der Waals surface area contributed by atoms with Gasteiger partial charge in [-0.1, -0.05) is 12.1 Å². The summed E-state index contributed by atoms with van der Waals surface area (Å²) in [4.78, 5) is 18.3. The van der Waals surface area contributed by atoms with Gasteiger partial charge in [-0.15, -0.1) is 23.1 Å². The number of aromatic nitrogens is 1. The predicted molar refractivity (Wildman–Crippen MR) is 96.9 cm³/mol. The average molecular weight is 340 g/mol. The molecular weight excluding hydrogens is 324 g/mol. The molecule has 0 spiro atoms. The molecule has 3 nitrogen and oxygen atoms in total. The number of rotatable bonds is 6. The highest BCUT2D eigenvalue weighted by atomic mass is 32.2. The summed E-state index contributed by atoms with van der Waals surface area (Å²) in [6.45, 7) is 0. The smallest absolute Gasteiger partial charge is 0.229 e.